The Hall–Kier alpha value is -3.52. The Kier molecular flexibility index (Phi) is 5.01. The standard InChI is InChI=1S/C24H28N8/c1-15-12-17(3)31(28-15)23-25-22(26-24(27-23)32-18(4)13-16(2)29-32)14-19-10-11-30(5)21-9-7-6-8-20(19)21/h6-9,12-15,28H,10-11H2,1-5H3/b19-14+. The van der Waals surface area contributed by atoms with Crippen LogP contribution in [-0.2, 0) is 0 Å². The highest BCUT2D eigenvalue weighted by Crippen LogP contribution is 2.34. The first-order valence-electron chi connectivity index (χ1n) is 10.9. The fraction of sp³-hybridized carbons (Fsp3) is 0.333. The molecule has 0 fully saturated rings. The smallest absolute Gasteiger partial charge is 0.256 e. The van der Waals surface area contributed by atoms with Crippen molar-refractivity contribution in [1.82, 2.24) is 30.2 Å². The van der Waals surface area contributed by atoms with E-state index in [-0.39, 0.29) is 6.04 Å². The molecule has 164 valence electrons. The summed E-state index contributed by atoms with van der Waals surface area (Å²) in [5, 5.41) is 6.52. The van der Waals surface area contributed by atoms with Gasteiger partial charge in [-0.05, 0) is 64.0 Å². The van der Waals surface area contributed by atoms with Crippen molar-refractivity contribution in [3.05, 3.63) is 64.9 Å². The molecule has 0 spiro atoms. The van der Waals surface area contributed by atoms with Crippen molar-refractivity contribution in [2.45, 2.75) is 40.2 Å². The Morgan fingerprint density at radius 3 is 2.56 bits per heavy atom. The molecule has 0 radical (unpaired) electrons. The van der Waals surface area contributed by atoms with Crippen LogP contribution in [0.1, 0.15) is 43.0 Å². The number of hydrazine groups is 1. The van der Waals surface area contributed by atoms with Crippen molar-refractivity contribution < 1.29 is 0 Å². The summed E-state index contributed by atoms with van der Waals surface area (Å²) in [5.74, 6) is 1.71. The third kappa shape index (κ3) is 3.67. The van der Waals surface area contributed by atoms with E-state index in [4.69, 9.17) is 15.0 Å². The van der Waals surface area contributed by atoms with Crippen molar-refractivity contribution in [3.8, 4) is 5.95 Å². The van der Waals surface area contributed by atoms with Crippen LogP contribution in [0.15, 0.2) is 42.1 Å². The molecule has 3 aromatic rings. The Labute approximate surface area is 188 Å². The number of aromatic nitrogens is 5. The molecule has 1 aromatic carbocycles. The maximum Gasteiger partial charge on any atom is 0.256 e. The van der Waals surface area contributed by atoms with Crippen LogP contribution in [-0.4, -0.2) is 44.4 Å². The van der Waals surface area contributed by atoms with Gasteiger partial charge in [-0.25, -0.2) is 15.1 Å². The third-order valence-corrected chi connectivity index (χ3v) is 5.89. The van der Waals surface area contributed by atoms with Crippen molar-refractivity contribution >= 4 is 23.3 Å². The molecule has 8 nitrogen and oxygen atoms in total. The molecule has 1 N–H and O–H groups in total. The van der Waals surface area contributed by atoms with Gasteiger partial charge in [-0.15, -0.1) is 0 Å². The molecule has 0 aliphatic carbocycles. The zero-order valence-electron chi connectivity index (χ0n) is 19.2. The molecule has 4 heterocycles. The second kappa shape index (κ2) is 7.87. The van der Waals surface area contributed by atoms with E-state index >= 15 is 0 Å². The quantitative estimate of drug-likeness (QED) is 0.682. The largest absolute Gasteiger partial charge is 0.374 e. The number of anilines is 2. The summed E-state index contributed by atoms with van der Waals surface area (Å²) in [6.45, 7) is 9.09. The number of para-hydroxylation sites is 1. The maximum absolute atomic E-state index is 4.82. The molecule has 2 aliphatic heterocycles. The summed E-state index contributed by atoms with van der Waals surface area (Å²) in [6, 6.07) is 10.7. The van der Waals surface area contributed by atoms with Crippen LogP contribution in [0.4, 0.5) is 11.6 Å². The van der Waals surface area contributed by atoms with Crippen LogP contribution in [0, 0.1) is 13.8 Å². The van der Waals surface area contributed by atoms with E-state index in [2.05, 4.69) is 72.7 Å². The molecule has 5 rings (SSSR count). The minimum atomic E-state index is 0.214. The van der Waals surface area contributed by atoms with E-state index in [9.17, 15) is 0 Å². The van der Waals surface area contributed by atoms with E-state index in [1.54, 1.807) is 4.68 Å². The molecule has 2 aliphatic rings. The van der Waals surface area contributed by atoms with Gasteiger partial charge in [0, 0.05) is 42.3 Å². The number of fused-ring (bicyclic) bond motifs is 1. The van der Waals surface area contributed by atoms with Gasteiger partial charge in [0.2, 0.25) is 5.95 Å². The maximum atomic E-state index is 4.82. The van der Waals surface area contributed by atoms with Crippen LogP contribution in [0.25, 0.3) is 17.6 Å². The summed E-state index contributed by atoms with van der Waals surface area (Å²) in [6.07, 6.45) is 5.17. The van der Waals surface area contributed by atoms with Gasteiger partial charge in [0.25, 0.3) is 5.95 Å². The zero-order valence-corrected chi connectivity index (χ0v) is 19.2. The van der Waals surface area contributed by atoms with E-state index in [0.717, 1.165) is 30.1 Å². The molecule has 1 atom stereocenters. The second-order valence-electron chi connectivity index (χ2n) is 8.55. The topological polar surface area (TPSA) is 75.0 Å². The van der Waals surface area contributed by atoms with Gasteiger partial charge in [-0.2, -0.15) is 20.1 Å². The van der Waals surface area contributed by atoms with Crippen LogP contribution in [0.3, 0.4) is 0 Å². The van der Waals surface area contributed by atoms with Gasteiger partial charge in [-0.1, -0.05) is 18.2 Å². The number of nitrogens with zero attached hydrogens (tertiary/aromatic N) is 7. The first-order valence-corrected chi connectivity index (χ1v) is 10.9. The molecule has 2 aromatic heterocycles. The lowest BCUT2D eigenvalue weighted by molar-refractivity contribution is 0.651. The normalized spacial score (nSPS) is 19.5. The molecule has 0 amide bonds. The predicted molar refractivity (Wildman–Crippen MR) is 127 cm³/mol. The molecule has 8 heteroatoms. The highest BCUT2D eigenvalue weighted by Gasteiger charge is 2.23. The lowest BCUT2D eigenvalue weighted by Gasteiger charge is -2.29. The SMILES string of the molecule is CC1=CC(C)NN1c1nc(/C=C2\CCN(C)c3ccccc32)nc(-n2nc(C)cc2C)n1. The molecule has 0 saturated carbocycles. The highest BCUT2D eigenvalue weighted by molar-refractivity contribution is 5.88. The molecule has 1 unspecified atom stereocenters. The fourth-order valence-corrected chi connectivity index (χ4v) is 4.38. The van der Waals surface area contributed by atoms with E-state index in [0.29, 0.717) is 17.7 Å². The van der Waals surface area contributed by atoms with E-state index in [1.807, 2.05) is 24.9 Å². The molecule has 0 bridgehead atoms. The number of allylic oxidation sites excluding steroid dienone is 1. The van der Waals surface area contributed by atoms with Crippen LogP contribution in [0.2, 0.25) is 0 Å². The Balaban J connectivity index is 1.64. The predicted octanol–water partition coefficient (Wildman–Crippen LogP) is 3.67. The van der Waals surface area contributed by atoms with Crippen molar-refractivity contribution in [3.63, 3.8) is 0 Å². The highest BCUT2D eigenvalue weighted by atomic mass is 15.6. The van der Waals surface area contributed by atoms with Gasteiger partial charge in [-0.3, -0.25) is 0 Å². The first-order chi connectivity index (χ1) is 15.4. The molecular weight excluding hydrogens is 400 g/mol. The third-order valence-electron chi connectivity index (χ3n) is 5.89. The summed E-state index contributed by atoms with van der Waals surface area (Å²) in [5.41, 5.74) is 10.1. The minimum absolute atomic E-state index is 0.214. The first kappa shape index (κ1) is 20.4. The van der Waals surface area contributed by atoms with Crippen molar-refractivity contribution in [2.75, 3.05) is 23.5 Å². The minimum Gasteiger partial charge on any atom is -0.374 e. The van der Waals surface area contributed by atoms with Crippen molar-refractivity contribution in [1.29, 1.82) is 0 Å². The van der Waals surface area contributed by atoms with E-state index < -0.39 is 0 Å². The summed E-state index contributed by atoms with van der Waals surface area (Å²) < 4.78 is 1.78. The van der Waals surface area contributed by atoms with Gasteiger partial charge >= 0.3 is 0 Å². The Morgan fingerprint density at radius 1 is 1.06 bits per heavy atom. The Morgan fingerprint density at radius 2 is 1.84 bits per heavy atom. The van der Waals surface area contributed by atoms with Gasteiger partial charge in [0.1, 0.15) is 0 Å². The zero-order chi connectivity index (χ0) is 22.4. The summed E-state index contributed by atoms with van der Waals surface area (Å²) >= 11 is 0. The molecule has 32 heavy (non-hydrogen) atoms. The fourth-order valence-electron chi connectivity index (χ4n) is 4.38. The van der Waals surface area contributed by atoms with Gasteiger partial charge < -0.3 is 4.90 Å². The molecular formula is C24H28N8. The number of rotatable bonds is 3. The lowest BCUT2D eigenvalue weighted by atomic mass is 9.96. The second-order valence-corrected chi connectivity index (χ2v) is 8.55. The van der Waals surface area contributed by atoms with Crippen LogP contribution >= 0.6 is 0 Å². The van der Waals surface area contributed by atoms with Crippen LogP contribution in [0.5, 0.6) is 0 Å². The number of hydrogen-bond acceptors (Lipinski definition) is 7. The number of hydrogen-bond donors (Lipinski definition) is 1. The van der Waals surface area contributed by atoms with Gasteiger partial charge in [0.05, 0.1) is 5.69 Å². The number of nitrogens with one attached hydrogen (secondary N) is 1. The molecule has 0 saturated heterocycles. The monoisotopic (exact) mass is 428 g/mol. The average Bonchev–Trinajstić information content (AvgIpc) is 3.29. The van der Waals surface area contributed by atoms with Gasteiger partial charge in [0.15, 0.2) is 5.82 Å². The Bertz CT molecular complexity index is 1240. The average molecular weight is 429 g/mol. The lowest BCUT2D eigenvalue weighted by Crippen LogP contribution is -2.37. The van der Waals surface area contributed by atoms with E-state index in [1.165, 1.54) is 16.8 Å². The van der Waals surface area contributed by atoms with Crippen molar-refractivity contribution in [2.24, 2.45) is 0 Å². The summed E-state index contributed by atoms with van der Waals surface area (Å²) in [7, 11) is 2.13. The summed E-state index contributed by atoms with van der Waals surface area (Å²) in [4.78, 5) is 16.7. The number of aryl methyl sites for hydroxylation is 2. The van der Waals surface area contributed by atoms with Crippen LogP contribution < -0.4 is 15.3 Å². The number of benzene rings is 1.